The summed E-state index contributed by atoms with van der Waals surface area (Å²) in [5, 5.41) is 3.48. The van der Waals surface area contributed by atoms with Crippen LogP contribution in [0.3, 0.4) is 0 Å². The summed E-state index contributed by atoms with van der Waals surface area (Å²) in [4.78, 5) is 10.9. The number of hydrogen-bond acceptors (Lipinski definition) is 4. The summed E-state index contributed by atoms with van der Waals surface area (Å²) in [6.45, 7) is 14.8. The standard InChI is InChI=1S/C20H24N4.C9H12/c1-16(14-20-21-11-7-12-22-20)24-13-6-10-19(24)17(2)23-15-18-8-4-3-5-9-18;1-8(2)9-6-4-3-5-7-9/h3-5,7-9,11-12,19,23H,1-2,6,10,13-15H2;3-8H,1-2H3. The maximum atomic E-state index is 4.30. The van der Waals surface area contributed by atoms with E-state index in [0.29, 0.717) is 18.4 Å². The Bertz CT molecular complexity index is 984. The molecule has 1 fully saturated rings. The van der Waals surface area contributed by atoms with Crippen LogP contribution in [-0.4, -0.2) is 27.5 Å². The van der Waals surface area contributed by atoms with Gasteiger partial charge in [-0.25, -0.2) is 9.97 Å². The quantitative estimate of drug-likeness (QED) is 0.459. The second-order valence-corrected chi connectivity index (χ2v) is 8.69. The largest absolute Gasteiger partial charge is 0.383 e. The predicted molar refractivity (Wildman–Crippen MR) is 138 cm³/mol. The molecule has 1 aliphatic rings. The molecule has 4 nitrogen and oxygen atoms in total. The molecular weight excluding hydrogens is 404 g/mol. The minimum atomic E-state index is 0.296. The molecule has 2 aromatic carbocycles. The predicted octanol–water partition coefficient (Wildman–Crippen LogP) is 6.11. The fourth-order valence-electron chi connectivity index (χ4n) is 3.98. The first kappa shape index (κ1) is 24.2. The van der Waals surface area contributed by atoms with Crippen molar-refractivity contribution in [2.24, 2.45) is 0 Å². The smallest absolute Gasteiger partial charge is 0.134 e. The second kappa shape index (κ2) is 12.6. The van der Waals surface area contributed by atoms with Crippen molar-refractivity contribution >= 4 is 0 Å². The molecule has 1 saturated heterocycles. The molecule has 1 N–H and O–H groups in total. The van der Waals surface area contributed by atoms with Gasteiger partial charge in [0, 0.05) is 43.3 Å². The van der Waals surface area contributed by atoms with Gasteiger partial charge in [0.1, 0.15) is 5.82 Å². The van der Waals surface area contributed by atoms with Crippen LogP contribution in [0, 0.1) is 0 Å². The molecule has 2 heterocycles. The number of nitrogens with zero attached hydrogens (tertiary/aromatic N) is 3. The third-order valence-electron chi connectivity index (χ3n) is 5.87. The van der Waals surface area contributed by atoms with E-state index in [1.807, 2.05) is 18.2 Å². The third kappa shape index (κ3) is 7.60. The van der Waals surface area contributed by atoms with E-state index in [4.69, 9.17) is 0 Å². The Morgan fingerprint density at radius 2 is 1.61 bits per heavy atom. The highest BCUT2D eigenvalue weighted by Crippen LogP contribution is 2.26. The highest BCUT2D eigenvalue weighted by Gasteiger charge is 2.27. The first-order valence-corrected chi connectivity index (χ1v) is 11.8. The molecule has 1 aliphatic heterocycles. The molecule has 0 spiro atoms. The van der Waals surface area contributed by atoms with Crippen molar-refractivity contribution in [1.29, 1.82) is 0 Å². The van der Waals surface area contributed by atoms with E-state index in [1.54, 1.807) is 12.4 Å². The van der Waals surface area contributed by atoms with E-state index in [2.05, 4.69) is 95.7 Å². The zero-order valence-corrected chi connectivity index (χ0v) is 20.0. The number of likely N-dealkylation sites (tertiary alicyclic amines) is 1. The fraction of sp³-hybridized carbons (Fsp3) is 0.310. The Kier molecular flexibility index (Phi) is 9.25. The molecular formula is C29H36N4. The van der Waals surface area contributed by atoms with Crippen molar-refractivity contribution in [3.8, 4) is 0 Å². The van der Waals surface area contributed by atoms with Gasteiger partial charge in [0.05, 0.1) is 6.04 Å². The number of hydrogen-bond donors (Lipinski definition) is 1. The minimum absolute atomic E-state index is 0.296. The molecule has 3 aromatic rings. The topological polar surface area (TPSA) is 41.0 Å². The Morgan fingerprint density at radius 3 is 2.21 bits per heavy atom. The Balaban J connectivity index is 0.000000286. The maximum absolute atomic E-state index is 4.30. The normalized spacial score (nSPS) is 15.0. The summed E-state index contributed by atoms with van der Waals surface area (Å²) in [5.41, 5.74) is 4.80. The van der Waals surface area contributed by atoms with E-state index >= 15 is 0 Å². The monoisotopic (exact) mass is 440 g/mol. The molecule has 172 valence electrons. The van der Waals surface area contributed by atoms with Gasteiger partial charge in [0.2, 0.25) is 0 Å². The summed E-state index contributed by atoms with van der Waals surface area (Å²) >= 11 is 0. The van der Waals surface area contributed by atoms with Crippen molar-refractivity contribution in [2.75, 3.05) is 6.54 Å². The lowest BCUT2D eigenvalue weighted by Gasteiger charge is -2.30. The first-order chi connectivity index (χ1) is 16.0. The zero-order chi connectivity index (χ0) is 23.5. The summed E-state index contributed by atoms with van der Waals surface area (Å²) in [5.74, 6) is 1.47. The van der Waals surface area contributed by atoms with Crippen molar-refractivity contribution in [1.82, 2.24) is 20.2 Å². The van der Waals surface area contributed by atoms with Gasteiger partial charge < -0.3 is 10.2 Å². The number of benzene rings is 2. The Hall–Kier alpha value is -3.40. The highest BCUT2D eigenvalue weighted by atomic mass is 15.2. The lowest BCUT2D eigenvalue weighted by molar-refractivity contribution is 0.336. The van der Waals surface area contributed by atoms with Crippen molar-refractivity contribution in [3.63, 3.8) is 0 Å². The first-order valence-electron chi connectivity index (χ1n) is 11.8. The summed E-state index contributed by atoms with van der Waals surface area (Å²) < 4.78 is 0. The van der Waals surface area contributed by atoms with Crippen molar-refractivity contribution < 1.29 is 0 Å². The Morgan fingerprint density at radius 1 is 0.970 bits per heavy atom. The molecule has 1 atom stereocenters. The molecule has 1 unspecified atom stereocenters. The van der Waals surface area contributed by atoms with Gasteiger partial charge in [-0.05, 0) is 36.0 Å². The fourth-order valence-corrected chi connectivity index (χ4v) is 3.98. The van der Waals surface area contributed by atoms with Gasteiger partial charge in [0.15, 0.2) is 0 Å². The van der Waals surface area contributed by atoms with E-state index in [1.165, 1.54) is 11.1 Å². The van der Waals surface area contributed by atoms with Crippen LogP contribution in [0.1, 0.15) is 49.6 Å². The molecule has 0 amide bonds. The van der Waals surface area contributed by atoms with Crippen LogP contribution in [0.25, 0.3) is 0 Å². The van der Waals surface area contributed by atoms with Crippen LogP contribution in [0.4, 0.5) is 0 Å². The lowest BCUT2D eigenvalue weighted by atomic mass is 10.0. The Labute approximate surface area is 199 Å². The molecule has 33 heavy (non-hydrogen) atoms. The van der Waals surface area contributed by atoms with E-state index in [-0.39, 0.29) is 0 Å². The number of nitrogens with one attached hydrogen (secondary N) is 1. The minimum Gasteiger partial charge on any atom is -0.383 e. The number of allylic oxidation sites excluding steroid dienone is 1. The third-order valence-corrected chi connectivity index (χ3v) is 5.87. The summed E-state index contributed by atoms with van der Waals surface area (Å²) in [6.07, 6.45) is 6.50. The molecule has 4 rings (SSSR count). The van der Waals surface area contributed by atoms with E-state index < -0.39 is 0 Å². The lowest BCUT2D eigenvalue weighted by Crippen LogP contribution is -2.35. The van der Waals surface area contributed by atoms with Gasteiger partial charge in [0.25, 0.3) is 0 Å². The van der Waals surface area contributed by atoms with Gasteiger partial charge in [-0.15, -0.1) is 0 Å². The van der Waals surface area contributed by atoms with Crippen LogP contribution in [-0.2, 0) is 13.0 Å². The molecule has 1 aromatic heterocycles. The highest BCUT2D eigenvalue weighted by molar-refractivity contribution is 5.19. The van der Waals surface area contributed by atoms with Crippen molar-refractivity contribution in [3.05, 3.63) is 121 Å². The zero-order valence-electron chi connectivity index (χ0n) is 20.0. The van der Waals surface area contributed by atoms with Crippen LogP contribution in [0.2, 0.25) is 0 Å². The van der Waals surface area contributed by atoms with Crippen LogP contribution in [0.15, 0.2) is 104 Å². The number of rotatable bonds is 8. The van der Waals surface area contributed by atoms with Gasteiger partial charge in [-0.1, -0.05) is 87.7 Å². The van der Waals surface area contributed by atoms with E-state index in [9.17, 15) is 0 Å². The maximum Gasteiger partial charge on any atom is 0.134 e. The molecule has 0 aliphatic carbocycles. The molecule has 4 heteroatoms. The summed E-state index contributed by atoms with van der Waals surface area (Å²) in [6, 6.07) is 23.0. The van der Waals surface area contributed by atoms with Gasteiger partial charge >= 0.3 is 0 Å². The molecule has 0 radical (unpaired) electrons. The van der Waals surface area contributed by atoms with Crippen molar-refractivity contribution in [2.45, 2.75) is 51.6 Å². The molecule has 0 saturated carbocycles. The molecule has 0 bridgehead atoms. The average Bonchev–Trinajstić information content (AvgIpc) is 3.35. The summed E-state index contributed by atoms with van der Waals surface area (Å²) in [7, 11) is 0. The number of aromatic nitrogens is 2. The van der Waals surface area contributed by atoms with Gasteiger partial charge in [-0.2, -0.15) is 0 Å². The average molecular weight is 441 g/mol. The second-order valence-electron chi connectivity index (χ2n) is 8.69. The van der Waals surface area contributed by atoms with Crippen LogP contribution in [0.5, 0.6) is 0 Å². The van der Waals surface area contributed by atoms with E-state index in [0.717, 1.165) is 43.1 Å². The van der Waals surface area contributed by atoms with Crippen LogP contribution < -0.4 is 5.32 Å². The SMILES string of the molecule is C=C(NCc1ccccc1)C1CCCN1C(=C)Cc1ncccn1.CC(C)c1ccccc1. The van der Waals surface area contributed by atoms with Gasteiger partial charge in [-0.3, -0.25) is 0 Å². The van der Waals surface area contributed by atoms with Crippen LogP contribution >= 0.6 is 0 Å².